The third-order valence-corrected chi connectivity index (χ3v) is 3.18. The summed E-state index contributed by atoms with van der Waals surface area (Å²) in [6.07, 6.45) is 3.07. The zero-order chi connectivity index (χ0) is 14.4. The van der Waals surface area contributed by atoms with E-state index >= 15 is 0 Å². The largest absolute Gasteiger partial charge is 0.392 e. The van der Waals surface area contributed by atoms with E-state index in [1.807, 2.05) is 6.92 Å². The second-order valence-electron chi connectivity index (χ2n) is 4.82. The van der Waals surface area contributed by atoms with Crippen LogP contribution in [0.1, 0.15) is 25.3 Å². The van der Waals surface area contributed by atoms with Crippen molar-refractivity contribution in [3.8, 4) is 11.3 Å². The van der Waals surface area contributed by atoms with Crippen molar-refractivity contribution in [3.63, 3.8) is 0 Å². The Morgan fingerprint density at radius 2 is 2.20 bits per heavy atom. The van der Waals surface area contributed by atoms with E-state index < -0.39 is 0 Å². The van der Waals surface area contributed by atoms with Gasteiger partial charge in [0.2, 0.25) is 0 Å². The number of aliphatic hydroxyl groups excluding tert-OH is 1. The second kappa shape index (κ2) is 7.17. The molecule has 5 heteroatoms. The summed E-state index contributed by atoms with van der Waals surface area (Å²) in [6, 6.07) is 6.60. The highest BCUT2D eigenvalue weighted by Gasteiger charge is 2.11. The molecule has 0 radical (unpaired) electrons. The van der Waals surface area contributed by atoms with Crippen LogP contribution in [0.3, 0.4) is 0 Å². The second-order valence-corrected chi connectivity index (χ2v) is 4.82. The standard InChI is InChI=1S/C15H20FN3O/c1-2-5-12(20)10-17-8-11-9-18-19-15(11)13-6-3-4-7-14(13)16/h3-4,6-7,9,12,17,20H,2,5,8,10H2,1H3,(H,18,19). The molecule has 0 fully saturated rings. The van der Waals surface area contributed by atoms with Gasteiger partial charge in [0, 0.05) is 24.2 Å². The Bertz CT molecular complexity index is 541. The number of H-pyrrole nitrogens is 1. The summed E-state index contributed by atoms with van der Waals surface area (Å²) in [5.41, 5.74) is 2.08. The molecule has 0 aliphatic carbocycles. The van der Waals surface area contributed by atoms with Crippen molar-refractivity contribution in [2.75, 3.05) is 6.54 Å². The quantitative estimate of drug-likeness (QED) is 0.728. The summed E-state index contributed by atoms with van der Waals surface area (Å²) in [4.78, 5) is 0. The Balaban J connectivity index is 2.01. The van der Waals surface area contributed by atoms with Gasteiger partial charge in [-0.25, -0.2) is 4.39 Å². The number of halogens is 1. The van der Waals surface area contributed by atoms with Crippen LogP contribution in [0, 0.1) is 5.82 Å². The normalized spacial score (nSPS) is 12.6. The van der Waals surface area contributed by atoms with Crippen LogP contribution in [0.5, 0.6) is 0 Å². The van der Waals surface area contributed by atoms with Crippen LogP contribution in [0.2, 0.25) is 0 Å². The summed E-state index contributed by atoms with van der Waals surface area (Å²) in [7, 11) is 0. The number of rotatable bonds is 7. The Kier molecular flexibility index (Phi) is 5.26. The van der Waals surface area contributed by atoms with E-state index in [9.17, 15) is 9.50 Å². The van der Waals surface area contributed by atoms with E-state index in [-0.39, 0.29) is 11.9 Å². The van der Waals surface area contributed by atoms with Gasteiger partial charge in [-0.05, 0) is 18.6 Å². The van der Waals surface area contributed by atoms with Crippen molar-refractivity contribution in [2.45, 2.75) is 32.4 Å². The first kappa shape index (κ1) is 14.7. The van der Waals surface area contributed by atoms with Crippen molar-refractivity contribution in [3.05, 3.63) is 41.8 Å². The van der Waals surface area contributed by atoms with Gasteiger partial charge < -0.3 is 10.4 Å². The van der Waals surface area contributed by atoms with Crippen LogP contribution in [-0.4, -0.2) is 28.0 Å². The van der Waals surface area contributed by atoms with Crippen LogP contribution in [0.4, 0.5) is 4.39 Å². The van der Waals surface area contributed by atoms with E-state index in [0.717, 1.165) is 18.4 Å². The van der Waals surface area contributed by atoms with Crippen molar-refractivity contribution >= 4 is 0 Å². The number of nitrogens with one attached hydrogen (secondary N) is 2. The molecule has 0 amide bonds. The fourth-order valence-electron chi connectivity index (χ4n) is 2.15. The summed E-state index contributed by atoms with van der Waals surface area (Å²) in [5, 5.41) is 19.6. The van der Waals surface area contributed by atoms with Crippen LogP contribution in [0.15, 0.2) is 30.5 Å². The molecular weight excluding hydrogens is 257 g/mol. The average molecular weight is 277 g/mol. The number of hydrogen-bond acceptors (Lipinski definition) is 3. The SMILES string of the molecule is CCCC(O)CNCc1cn[nH]c1-c1ccccc1F. The molecule has 0 saturated heterocycles. The lowest BCUT2D eigenvalue weighted by molar-refractivity contribution is 0.160. The van der Waals surface area contributed by atoms with Crippen LogP contribution >= 0.6 is 0 Å². The van der Waals surface area contributed by atoms with Crippen molar-refractivity contribution < 1.29 is 9.50 Å². The molecule has 3 N–H and O–H groups in total. The molecule has 108 valence electrons. The number of aromatic amines is 1. The van der Waals surface area contributed by atoms with Gasteiger partial charge in [0.1, 0.15) is 5.82 Å². The van der Waals surface area contributed by atoms with Crippen molar-refractivity contribution in [2.24, 2.45) is 0 Å². The summed E-state index contributed by atoms with van der Waals surface area (Å²) in [6.45, 7) is 3.10. The Morgan fingerprint density at radius 3 is 2.95 bits per heavy atom. The average Bonchev–Trinajstić information content (AvgIpc) is 2.88. The number of aliphatic hydroxyl groups is 1. The Labute approximate surface area is 118 Å². The molecule has 4 nitrogen and oxygen atoms in total. The fourth-order valence-corrected chi connectivity index (χ4v) is 2.15. The van der Waals surface area contributed by atoms with Crippen LogP contribution in [-0.2, 0) is 6.54 Å². The summed E-state index contributed by atoms with van der Waals surface area (Å²) >= 11 is 0. The molecule has 1 aromatic carbocycles. The first-order chi connectivity index (χ1) is 9.72. The molecule has 1 atom stereocenters. The molecular formula is C15H20FN3O. The number of aromatic nitrogens is 2. The molecule has 2 rings (SSSR count). The predicted octanol–water partition coefficient (Wildman–Crippen LogP) is 2.47. The maximum atomic E-state index is 13.8. The van der Waals surface area contributed by atoms with Gasteiger partial charge in [-0.15, -0.1) is 0 Å². The minimum absolute atomic E-state index is 0.274. The zero-order valence-corrected chi connectivity index (χ0v) is 11.6. The molecule has 2 aromatic rings. The van der Waals surface area contributed by atoms with E-state index in [0.29, 0.717) is 24.3 Å². The molecule has 0 aliphatic rings. The summed E-state index contributed by atoms with van der Waals surface area (Å²) in [5.74, 6) is -0.274. The molecule has 0 saturated carbocycles. The molecule has 1 aromatic heterocycles. The summed E-state index contributed by atoms with van der Waals surface area (Å²) < 4.78 is 13.8. The maximum Gasteiger partial charge on any atom is 0.132 e. The highest BCUT2D eigenvalue weighted by Crippen LogP contribution is 2.23. The van der Waals surface area contributed by atoms with E-state index in [2.05, 4.69) is 15.5 Å². The third-order valence-electron chi connectivity index (χ3n) is 3.18. The van der Waals surface area contributed by atoms with E-state index in [4.69, 9.17) is 0 Å². The zero-order valence-electron chi connectivity index (χ0n) is 11.6. The lowest BCUT2D eigenvalue weighted by Crippen LogP contribution is -2.26. The van der Waals surface area contributed by atoms with Gasteiger partial charge in [-0.1, -0.05) is 25.5 Å². The fraction of sp³-hybridized carbons (Fsp3) is 0.400. The van der Waals surface area contributed by atoms with Crippen LogP contribution in [0.25, 0.3) is 11.3 Å². The number of hydrogen-bond donors (Lipinski definition) is 3. The van der Waals surface area contributed by atoms with Crippen molar-refractivity contribution in [1.82, 2.24) is 15.5 Å². The topological polar surface area (TPSA) is 60.9 Å². The van der Waals surface area contributed by atoms with E-state index in [1.54, 1.807) is 24.4 Å². The van der Waals surface area contributed by atoms with Gasteiger partial charge in [-0.2, -0.15) is 5.10 Å². The predicted molar refractivity (Wildman–Crippen MR) is 76.6 cm³/mol. The molecule has 0 spiro atoms. The smallest absolute Gasteiger partial charge is 0.132 e. The molecule has 1 unspecified atom stereocenters. The first-order valence-corrected chi connectivity index (χ1v) is 6.88. The minimum Gasteiger partial charge on any atom is -0.392 e. The van der Waals surface area contributed by atoms with Gasteiger partial charge in [0.25, 0.3) is 0 Å². The first-order valence-electron chi connectivity index (χ1n) is 6.88. The van der Waals surface area contributed by atoms with Crippen molar-refractivity contribution in [1.29, 1.82) is 0 Å². The van der Waals surface area contributed by atoms with E-state index in [1.165, 1.54) is 6.07 Å². The van der Waals surface area contributed by atoms with Gasteiger partial charge in [0.05, 0.1) is 18.0 Å². The molecule has 0 bridgehead atoms. The van der Waals surface area contributed by atoms with Gasteiger partial charge >= 0.3 is 0 Å². The van der Waals surface area contributed by atoms with Gasteiger partial charge in [0.15, 0.2) is 0 Å². The monoisotopic (exact) mass is 277 g/mol. The van der Waals surface area contributed by atoms with Crippen LogP contribution < -0.4 is 5.32 Å². The Hall–Kier alpha value is -1.72. The third kappa shape index (κ3) is 3.65. The maximum absolute atomic E-state index is 13.8. The number of benzene rings is 1. The molecule has 20 heavy (non-hydrogen) atoms. The highest BCUT2D eigenvalue weighted by atomic mass is 19.1. The lowest BCUT2D eigenvalue weighted by atomic mass is 10.1. The number of nitrogens with zero attached hydrogens (tertiary/aromatic N) is 1. The minimum atomic E-state index is -0.344. The van der Waals surface area contributed by atoms with Gasteiger partial charge in [-0.3, -0.25) is 5.10 Å². The Morgan fingerprint density at radius 1 is 1.40 bits per heavy atom. The highest BCUT2D eigenvalue weighted by molar-refractivity contribution is 5.63. The molecule has 0 aliphatic heterocycles. The molecule has 1 heterocycles. The lowest BCUT2D eigenvalue weighted by Gasteiger charge is -2.11.